The van der Waals surface area contributed by atoms with Gasteiger partial charge in [-0.2, -0.15) is 4.99 Å². The second-order valence-corrected chi connectivity index (χ2v) is 7.28. The van der Waals surface area contributed by atoms with Gasteiger partial charge in [0, 0.05) is 10.5 Å². The first-order chi connectivity index (χ1) is 12.6. The predicted octanol–water partition coefficient (Wildman–Crippen LogP) is 3.73. The monoisotopic (exact) mass is 386 g/mol. The van der Waals surface area contributed by atoms with Crippen LogP contribution >= 0.6 is 23.1 Å². The Morgan fingerprint density at radius 1 is 1.19 bits per heavy atom. The third kappa shape index (κ3) is 4.05. The molecule has 1 aromatic heterocycles. The van der Waals surface area contributed by atoms with Crippen LogP contribution in [0.1, 0.15) is 17.3 Å². The first kappa shape index (κ1) is 18.4. The third-order valence-corrected chi connectivity index (χ3v) is 5.48. The fourth-order valence-corrected chi connectivity index (χ4v) is 3.99. The van der Waals surface area contributed by atoms with Gasteiger partial charge in [-0.15, -0.1) is 11.8 Å². The highest BCUT2D eigenvalue weighted by molar-refractivity contribution is 7.98. The summed E-state index contributed by atoms with van der Waals surface area (Å²) >= 11 is 2.95. The van der Waals surface area contributed by atoms with E-state index in [4.69, 9.17) is 4.74 Å². The van der Waals surface area contributed by atoms with Crippen molar-refractivity contribution in [1.82, 2.24) is 4.57 Å². The maximum Gasteiger partial charge on any atom is 0.326 e. The second-order valence-electron chi connectivity index (χ2n) is 5.39. The average Bonchev–Trinajstić information content (AvgIpc) is 2.99. The minimum atomic E-state index is -0.352. The van der Waals surface area contributed by atoms with Gasteiger partial charge in [0.05, 0.1) is 16.8 Å². The Morgan fingerprint density at radius 3 is 2.77 bits per heavy atom. The zero-order valence-corrected chi connectivity index (χ0v) is 16.1. The van der Waals surface area contributed by atoms with Gasteiger partial charge in [0.2, 0.25) is 0 Å². The lowest BCUT2D eigenvalue weighted by Crippen LogP contribution is -2.23. The van der Waals surface area contributed by atoms with Crippen molar-refractivity contribution in [1.29, 1.82) is 0 Å². The summed E-state index contributed by atoms with van der Waals surface area (Å²) in [5.41, 5.74) is 1.38. The fourth-order valence-electron chi connectivity index (χ4n) is 2.50. The van der Waals surface area contributed by atoms with Gasteiger partial charge < -0.3 is 9.30 Å². The molecule has 5 nitrogen and oxygen atoms in total. The van der Waals surface area contributed by atoms with Crippen LogP contribution in [0.3, 0.4) is 0 Å². The summed E-state index contributed by atoms with van der Waals surface area (Å²) in [6.45, 7) is 2.10. The highest BCUT2D eigenvalue weighted by Gasteiger charge is 2.12. The molecule has 26 heavy (non-hydrogen) atoms. The quantitative estimate of drug-likeness (QED) is 0.495. The van der Waals surface area contributed by atoms with E-state index in [2.05, 4.69) is 4.99 Å². The van der Waals surface area contributed by atoms with Crippen molar-refractivity contribution in [3.63, 3.8) is 0 Å². The summed E-state index contributed by atoms with van der Waals surface area (Å²) in [4.78, 5) is 30.4. The zero-order valence-electron chi connectivity index (χ0n) is 14.5. The molecule has 0 fully saturated rings. The van der Waals surface area contributed by atoms with Crippen LogP contribution in [0, 0.1) is 0 Å². The van der Waals surface area contributed by atoms with Gasteiger partial charge in [-0.3, -0.25) is 9.59 Å². The van der Waals surface area contributed by atoms with E-state index in [0.717, 1.165) is 15.1 Å². The van der Waals surface area contributed by atoms with Crippen molar-refractivity contribution in [3.05, 3.63) is 58.9 Å². The first-order valence-electron chi connectivity index (χ1n) is 8.09. The van der Waals surface area contributed by atoms with E-state index in [1.807, 2.05) is 48.7 Å². The maximum absolute atomic E-state index is 12.6. The number of ether oxygens (including phenoxy) is 1. The standard InChI is InChI=1S/C19H18N2O3S2/c1-3-24-17(22)12-21-15-9-4-5-10-16(15)26-19(21)20-18(23)13-7-6-8-14(11-13)25-2/h4-11H,3,12H2,1-2H3. The minimum Gasteiger partial charge on any atom is -0.465 e. The summed E-state index contributed by atoms with van der Waals surface area (Å²) in [5, 5.41) is 0. The van der Waals surface area contributed by atoms with E-state index >= 15 is 0 Å². The average molecular weight is 386 g/mol. The molecule has 7 heteroatoms. The number of para-hydroxylation sites is 1. The van der Waals surface area contributed by atoms with Gasteiger partial charge in [-0.25, -0.2) is 0 Å². The molecule has 3 rings (SSSR count). The number of esters is 1. The number of thioether (sulfide) groups is 1. The van der Waals surface area contributed by atoms with Gasteiger partial charge in [0.25, 0.3) is 5.91 Å². The van der Waals surface area contributed by atoms with Crippen LogP contribution in [-0.2, 0) is 16.1 Å². The number of rotatable bonds is 5. The summed E-state index contributed by atoms with van der Waals surface area (Å²) in [6, 6.07) is 15.0. The first-order valence-corrected chi connectivity index (χ1v) is 10.1. The van der Waals surface area contributed by atoms with Crippen LogP contribution in [0.5, 0.6) is 0 Å². The molecule has 0 aliphatic heterocycles. The maximum atomic E-state index is 12.6. The Balaban J connectivity index is 2.06. The zero-order chi connectivity index (χ0) is 18.5. The molecule has 0 N–H and O–H groups in total. The van der Waals surface area contributed by atoms with Crippen molar-refractivity contribution in [2.24, 2.45) is 4.99 Å². The van der Waals surface area contributed by atoms with Crippen molar-refractivity contribution in [2.75, 3.05) is 12.9 Å². The molecule has 0 saturated heterocycles. The van der Waals surface area contributed by atoms with Gasteiger partial charge in [0.1, 0.15) is 6.54 Å². The lowest BCUT2D eigenvalue weighted by Gasteiger charge is -2.05. The van der Waals surface area contributed by atoms with Crippen LogP contribution < -0.4 is 4.80 Å². The molecule has 0 atom stereocenters. The van der Waals surface area contributed by atoms with Crippen LogP contribution in [-0.4, -0.2) is 29.3 Å². The third-order valence-electron chi connectivity index (χ3n) is 3.69. The molecule has 0 bridgehead atoms. The van der Waals surface area contributed by atoms with Gasteiger partial charge >= 0.3 is 5.97 Å². The summed E-state index contributed by atoms with van der Waals surface area (Å²) in [6.07, 6.45) is 1.96. The van der Waals surface area contributed by atoms with E-state index in [1.54, 1.807) is 29.3 Å². The van der Waals surface area contributed by atoms with Crippen LogP contribution in [0.15, 0.2) is 58.4 Å². The van der Waals surface area contributed by atoms with Gasteiger partial charge in [-0.05, 0) is 43.5 Å². The number of hydrogen-bond donors (Lipinski definition) is 0. The largest absolute Gasteiger partial charge is 0.465 e. The normalized spacial score (nSPS) is 11.7. The highest BCUT2D eigenvalue weighted by atomic mass is 32.2. The number of hydrogen-bond acceptors (Lipinski definition) is 5. The Morgan fingerprint density at radius 2 is 2.00 bits per heavy atom. The van der Waals surface area contributed by atoms with Crippen molar-refractivity contribution in [2.45, 2.75) is 18.4 Å². The summed E-state index contributed by atoms with van der Waals surface area (Å²) in [5.74, 6) is -0.681. The Kier molecular flexibility index (Phi) is 5.90. The van der Waals surface area contributed by atoms with Crippen LogP contribution in [0.25, 0.3) is 10.2 Å². The second kappa shape index (κ2) is 8.33. The smallest absolute Gasteiger partial charge is 0.326 e. The van der Waals surface area contributed by atoms with E-state index < -0.39 is 0 Å². The lowest BCUT2D eigenvalue weighted by molar-refractivity contribution is -0.143. The van der Waals surface area contributed by atoms with Crippen molar-refractivity contribution >= 4 is 45.2 Å². The predicted molar refractivity (Wildman–Crippen MR) is 105 cm³/mol. The molecule has 0 aliphatic rings. The Hall–Kier alpha value is -2.38. The molecule has 0 unspecified atom stereocenters. The van der Waals surface area contributed by atoms with E-state index in [-0.39, 0.29) is 18.4 Å². The van der Waals surface area contributed by atoms with Gasteiger partial charge in [-0.1, -0.05) is 29.5 Å². The number of amides is 1. The Bertz CT molecular complexity index is 1020. The van der Waals surface area contributed by atoms with Crippen LogP contribution in [0.4, 0.5) is 0 Å². The molecule has 0 radical (unpaired) electrons. The molecule has 3 aromatic rings. The number of fused-ring (bicyclic) bond motifs is 1. The van der Waals surface area contributed by atoms with Gasteiger partial charge in [0.15, 0.2) is 4.80 Å². The van der Waals surface area contributed by atoms with E-state index in [0.29, 0.717) is 17.0 Å². The van der Waals surface area contributed by atoms with Crippen molar-refractivity contribution < 1.29 is 14.3 Å². The van der Waals surface area contributed by atoms with E-state index in [1.165, 1.54) is 11.3 Å². The molecule has 2 aromatic carbocycles. The Labute approximate surface area is 159 Å². The van der Waals surface area contributed by atoms with Crippen molar-refractivity contribution in [3.8, 4) is 0 Å². The van der Waals surface area contributed by atoms with E-state index in [9.17, 15) is 9.59 Å². The number of nitrogens with zero attached hydrogens (tertiary/aromatic N) is 2. The topological polar surface area (TPSA) is 60.7 Å². The SMILES string of the molecule is CCOC(=O)Cn1c(=NC(=O)c2cccc(SC)c2)sc2ccccc21. The molecular weight excluding hydrogens is 368 g/mol. The number of thiazole rings is 1. The number of aromatic nitrogens is 1. The number of carbonyl (C=O) groups is 2. The molecule has 0 saturated carbocycles. The van der Waals surface area contributed by atoms with Crippen LogP contribution in [0.2, 0.25) is 0 Å². The summed E-state index contributed by atoms with van der Waals surface area (Å²) < 4.78 is 7.74. The molecule has 1 heterocycles. The number of benzene rings is 2. The molecular formula is C19H18N2O3S2. The minimum absolute atomic E-state index is 0.0226. The highest BCUT2D eigenvalue weighted by Crippen LogP contribution is 2.18. The molecule has 0 spiro atoms. The molecule has 1 amide bonds. The summed E-state index contributed by atoms with van der Waals surface area (Å²) in [7, 11) is 0. The molecule has 134 valence electrons. The lowest BCUT2D eigenvalue weighted by atomic mass is 10.2. The molecule has 0 aliphatic carbocycles. The number of carbonyl (C=O) groups excluding carboxylic acids is 2. The fraction of sp³-hybridized carbons (Fsp3) is 0.211.